The van der Waals surface area contributed by atoms with Crippen molar-refractivity contribution < 1.29 is 0 Å². The SMILES string of the molecule is CCN1c2cccc(C)c2NCC1(C)C. The summed E-state index contributed by atoms with van der Waals surface area (Å²) in [5.74, 6) is 0. The Labute approximate surface area is 92.3 Å². The molecule has 0 saturated heterocycles. The van der Waals surface area contributed by atoms with Crippen LogP contribution in [0.2, 0.25) is 0 Å². The van der Waals surface area contributed by atoms with Crippen LogP contribution in [0.5, 0.6) is 0 Å². The van der Waals surface area contributed by atoms with Crippen LogP contribution in [-0.2, 0) is 0 Å². The molecule has 0 radical (unpaired) electrons. The van der Waals surface area contributed by atoms with Crippen LogP contribution in [0, 0.1) is 6.92 Å². The van der Waals surface area contributed by atoms with Gasteiger partial charge < -0.3 is 10.2 Å². The van der Waals surface area contributed by atoms with Crippen molar-refractivity contribution in [2.24, 2.45) is 0 Å². The van der Waals surface area contributed by atoms with Gasteiger partial charge in [0, 0.05) is 13.1 Å². The molecule has 1 aromatic carbocycles. The lowest BCUT2D eigenvalue weighted by Gasteiger charge is -2.45. The van der Waals surface area contributed by atoms with Gasteiger partial charge in [-0.15, -0.1) is 0 Å². The quantitative estimate of drug-likeness (QED) is 0.756. The predicted molar refractivity (Wildman–Crippen MR) is 66.8 cm³/mol. The molecule has 1 aliphatic heterocycles. The van der Waals surface area contributed by atoms with E-state index >= 15 is 0 Å². The summed E-state index contributed by atoms with van der Waals surface area (Å²) in [5, 5.41) is 3.54. The number of rotatable bonds is 1. The van der Waals surface area contributed by atoms with E-state index in [1.807, 2.05) is 0 Å². The summed E-state index contributed by atoms with van der Waals surface area (Å²) >= 11 is 0. The van der Waals surface area contributed by atoms with E-state index in [1.54, 1.807) is 0 Å². The molecule has 1 N–H and O–H groups in total. The standard InChI is InChI=1S/C13H20N2/c1-5-15-11-8-6-7-10(2)12(11)14-9-13(15,3)4/h6-8,14H,5,9H2,1-4H3. The molecule has 82 valence electrons. The monoisotopic (exact) mass is 204 g/mol. The second kappa shape index (κ2) is 3.44. The number of likely N-dealkylation sites (N-methyl/N-ethyl adjacent to an activating group) is 1. The van der Waals surface area contributed by atoms with Crippen molar-refractivity contribution in [2.75, 3.05) is 23.3 Å². The Morgan fingerprint density at radius 1 is 1.40 bits per heavy atom. The number of nitrogens with one attached hydrogen (secondary N) is 1. The van der Waals surface area contributed by atoms with E-state index in [0.717, 1.165) is 13.1 Å². The number of aryl methyl sites for hydroxylation is 1. The van der Waals surface area contributed by atoms with E-state index in [0.29, 0.717) is 0 Å². The zero-order valence-electron chi connectivity index (χ0n) is 10.1. The minimum Gasteiger partial charge on any atom is -0.381 e. The van der Waals surface area contributed by atoms with E-state index in [1.165, 1.54) is 16.9 Å². The molecular weight excluding hydrogens is 184 g/mol. The van der Waals surface area contributed by atoms with Crippen LogP contribution in [0.15, 0.2) is 18.2 Å². The number of hydrogen-bond acceptors (Lipinski definition) is 2. The Hall–Kier alpha value is -1.18. The van der Waals surface area contributed by atoms with E-state index in [2.05, 4.69) is 56.1 Å². The van der Waals surface area contributed by atoms with Crippen LogP contribution < -0.4 is 10.2 Å². The third-order valence-corrected chi connectivity index (χ3v) is 3.29. The molecule has 1 aliphatic rings. The van der Waals surface area contributed by atoms with Crippen molar-refractivity contribution in [3.8, 4) is 0 Å². The first-order valence-corrected chi connectivity index (χ1v) is 5.67. The average molecular weight is 204 g/mol. The molecule has 0 amide bonds. The number of nitrogens with zero attached hydrogens (tertiary/aromatic N) is 1. The topological polar surface area (TPSA) is 15.3 Å². The second-order valence-electron chi connectivity index (χ2n) is 4.88. The van der Waals surface area contributed by atoms with Crippen LogP contribution in [0.1, 0.15) is 26.3 Å². The van der Waals surface area contributed by atoms with Crippen molar-refractivity contribution >= 4 is 11.4 Å². The van der Waals surface area contributed by atoms with Gasteiger partial charge in [0.2, 0.25) is 0 Å². The lowest BCUT2D eigenvalue weighted by atomic mass is 9.96. The number of benzene rings is 1. The summed E-state index contributed by atoms with van der Waals surface area (Å²) in [6.45, 7) is 11.0. The Morgan fingerprint density at radius 3 is 2.80 bits per heavy atom. The zero-order valence-corrected chi connectivity index (χ0v) is 10.1. The van der Waals surface area contributed by atoms with Crippen molar-refractivity contribution in [1.82, 2.24) is 0 Å². The molecule has 0 aromatic heterocycles. The maximum Gasteiger partial charge on any atom is 0.0609 e. The highest BCUT2D eigenvalue weighted by molar-refractivity contribution is 5.76. The molecule has 0 aliphatic carbocycles. The third kappa shape index (κ3) is 1.58. The number of hydrogen-bond donors (Lipinski definition) is 1. The highest BCUT2D eigenvalue weighted by atomic mass is 15.2. The summed E-state index contributed by atoms with van der Waals surface area (Å²) in [4.78, 5) is 2.48. The van der Waals surface area contributed by atoms with Gasteiger partial charge in [-0.3, -0.25) is 0 Å². The summed E-state index contributed by atoms with van der Waals surface area (Å²) in [6.07, 6.45) is 0. The summed E-state index contributed by atoms with van der Waals surface area (Å²) in [7, 11) is 0. The maximum atomic E-state index is 3.54. The van der Waals surface area contributed by atoms with Crippen LogP contribution in [0.3, 0.4) is 0 Å². The summed E-state index contributed by atoms with van der Waals surface area (Å²) in [6, 6.07) is 6.51. The number of para-hydroxylation sites is 1. The first kappa shape index (κ1) is 10.3. The lowest BCUT2D eigenvalue weighted by molar-refractivity contribution is 0.480. The smallest absolute Gasteiger partial charge is 0.0609 e. The average Bonchev–Trinajstić information content (AvgIpc) is 2.16. The molecular formula is C13H20N2. The summed E-state index contributed by atoms with van der Waals surface area (Å²) in [5.41, 5.74) is 4.18. The molecule has 0 unspecified atom stereocenters. The Kier molecular flexibility index (Phi) is 2.37. The lowest BCUT2D eigenvalue weighted by Crippen LogP contribution is -2.52. The van der Waals surface area contributed by atoms with Gasteiger partial charge in [0.15, 0.2) is 0 Å². The Balaban J connectivity index is 2.51. The van der Waals surface area contributed by atoms with Crippen LogP contribution >= 0.6 is 0 Å². The fraction of sp³-hybridized carbons (Fsp3) is 0.538. The van der Waals surface area contributed by atoms with Gasteiger partial charge in [0.05, 0.1) is 16.9 Å². The van der Waals surface area contributed by atoms with Gasteiger partial charge in [-0.05, 0) is 39.3 Å². The molecule has 2 rings (SSSR count). The normalized spacial score (nSPS) is 18.3. The van der Waals surface area contributed by atoms with E-state index in [9.17, 15) is 0 Å². The number of fused-ring (bicyclic) bond motifs is 1. The van der Waals surface area contributed by atoms with E-state index < -0.39 is 0 Å². The molecule has 0 bridgehead atoms. The number of anilines is 2. The fourth-order valence-electron chi connectivity index (χ4n) is 2.43. The first-order chi connectivity index (χ1) is 7.06. The van der Waals surface area contributed by atoms with Gasteiger partial charge in [0.1, 0.15) is 0 Å². The second-order valence-corrected chi connectivity index (χ2v) is 4.88. The molecule has 0 atom stereocenters. The van der Waals surface area contributed by atoms with Gasteiger partial charge in [-0.25, -0.2) is 0 Å². The van der Waals surface area contributed by atoms with Crippen molar-refractivity contribution in [3.05, 3.63) is 23.8 Å². The summed E-state index contributed by atoms with van der Waals surface area (Å²) < 4.78 is 0. The molecule has 0 saturated carbocycles. The van der Waals surface area contributed by atoms with Gasteiger partial charge in [-0.1, -0.05) is 12.1 Å². The first-order valence-electron chi connectivity index (χ1n) is 5.67. The zero-order chi connectivity index (χ0) is 11.1. The van der Waals surface area contributed by atoms with E-state index in [4.69, 9.17) is 0 Å². The highest BCUT2D eigenvalue weighted by Gasteiger charge is 2.31. The Morgan fingerprint density at radius 2 is 2.13 bits per heavy atom. The van der Waals surface area contributed by atoms with Crippen molar-refractivity contribution in [1.29, 1.82) is 0 Å². The van der Waals surface area contributed by atoms with E-state index in [-0.39, 0.29) is 5.54 Å². The minimum atomic E-state index is 0.204. The maximum absolute atomic E-state index is 3.54. The van der Waals surface area contributed by atoms with Crippen LogP contribution in [0.25, 0.3) is 0 Å². The molecule has 15 heavy (non-hydrogen) atoms. The van der Waals surface area contributed by atoms with Crippen molar-refractivity contribution in [2.45, 2.75) is 33.2 Å². The predicted octanol–water partition coefficient (Wildman–Crippen LogP) is 3.03. The molecule has 0 fully saturated rings. The van der Waals surface area contributed by atoms with Crippen molar-refractivity contribution in [3.63, 3.8) is 0 Å². The molecule has 0 spiro atoms. The molecule has 2 heteroatoms. The van der Waals surface area contributed by atoms with Gasteiger partial charge in [0.25, 0.3) is 0 Å². The van der Waals surface area contributed by atoms with Gasteiger partial charge in [-0.2, -0.15) is 0 Å². The highest BCUT2D eigenvalue weighted by Crippen LogP contribution is 2.37. The minimum absolute atomic E-state index is 0.204. The molecule has 1 heterocycles. The Bertz CT molecular complexity index is 369. The third-order valence-electron chi connectivity index (χ3n) is 3.29. The molecule has 2 nitrogen and oxygen atoms in total. The largest absolute Gasteiger partial charge is 0.381 e. The van der Waals surface area contributed by atoms with Gasteiger partial charge >= 0.3 is 0 Å². The van der Waals surface area contributed by atoms with Crippen LogP contribution in [0.4, 0.5) is 11.4 Å². The van der Waals surface area contributed by atoms with Crippen LogP contribution in [-0.4, -0.2) is 18.6 Å². The fourth-order valence-corrected chi connectivity index (χ4v) is 2.43. The molecule has 1 aromatic rings.